The van der Waals surface area contributed by atoms with Crippen molar-refractivity contribution in [3.05, 3.63) is 42.5 Å². The number of aliphatic hydroxyl groups is 1. The number of aliphatic hydroxyl groups excluding tert-OH is 1. The zero-order valence-electron chi connectivity index (χ0n) is 17.3. The summed E-state index contributed by atoms with van der Waals surface area (Å²) < 4.78 is 10.7. The molecule has 1 atom stereocenters. The second-order valence-corrected chi connectivity index (χ2v) is 8.20. The van der Waals surface area contributed by atoms with Gasteiger partial charge in [0.2, 0.25) is 0 Å². The molecule has 8 nitrogen and oxygen atoms in total. The number of carbonyl (C=O) groups is 1. The van der Waals surface area contributed by atoms with Crippen LogP contribution in [-0.4, -0.2) is 71.9 Å². The SMILES string of the molecule is CC(C)(C)OCC(O)CN1CCN(c2ccc(NC(=O)c3ccco3)cn2)CC1. The summed E-state index contributed by atoms with van der Waals surface area (Å²) in [5.41, 5.74) is 0.380. The van der Waals surface area contributed by atoms with Crippen LogP contribution < -0.4 is 10.2 Å². The zero-order chi connectivity index (χ0) is 20.9. The fraction of sp³-hybridized carbons (Fsp3) is 0.524. The third-order valence-corrected chi connectivity index (χ3v) is 4.62. The summed E-state index contributed by atoms with van der Waals surface area (Å²) in [4.78, 5) is 20.9. The molecule has 1 aliphatic heterocycles. The van der Waals surface area contributed by atoms with Crippen LogP contribution in [0.3, 0.4) is 0 Å². The average molecular weight is 402 g/mol. The molecule has 1 aliphatic rings. The summed E-state index contributed by atoms with van der Waals surface area (Å²) in [5.74, 6) is 0.838. The number of nitrogens with one attached hydrogen (secondary N) is 1. The summed E-state index contributed by atoms with van der Waals surface area (Å²) >= 11 is 0. The highest BCUT2D eigenvalue weighted by atomic mass is 16.5. The second-order valence-electron chi connectivity index (χ2n) is 8.20. The fourth-order valence-corrected chi connectivity index (χ4v) is 3.10. The molecule has 0 saturated carbocycles. The van der Waals surface area contributed by atoms with Crippen LogP contribution in [0.1, 0.15) is 31.3 Å². The van der Waals surface area contributed by atoms with Crippen molar-refractivity contribution in [2.75, 3.05) is 49.5 Å². The van der Waals surface area contributed by atoms with Crippen molar-refractivity contribution in [3.63, 3.8) is 0 Å². The van der Waals surface area contributed by atoms with E-state index < -0.39 is 6.10 Å². The lowest BCUT2D eigenvalue weighted by molar-refractivity contribution is -0.0563. The quantitative estimate of drug-likeness (QED) is 0.734. The largest absolute Gasteiger partial charge is 0.459 e. The predicted molar refractivity (Wildman–Crippen MR) is 111 cm³/mol. The van der Waals surface area contributed by atoms with Gasteiger partial charge in [0, 0.05) is 32.7 Å². The summed E-state index contributed by atoms with van der Waals surface area (Å²) in [6.07, 6.45) is 2.62. The second kappa shape index (κ2) is 9.39. The van der Waals surface area contributed by atoms with Gasteiger partial charge in [0.15, 0.2) is 5.76 Å². The van der Waals surface area contributed by atoms with Crippen molar-refractivity contribution in [3.8, 4) is 0 Å². The number of hydrogen-bond acceptors (Lipinski definition) is 7. The number of amides is 1. The van der Waals surface area contributed by atoms with E-state index in [4.69, 9.17) is 9.15 Å². The highest BCUT2D eigenvalue weighted by Gasteiger charge is 2.21. The van der Waals surface area contributed by atoms with Gasteiger partial charge in [-0.3, -0.25) is 9.69 Å². The first-order valence-corrected chi connectivity index (χ1v) is 9.90. The molecule has 3 heterocycles. The van der Waals surface area contributed by atoms with E-state index in [9.17, 15) is 9.90 Å². The number of hydrogen-bond donors (Lipinski definition) is 2. The van der Waals surface area contributed by atoms with Crippen LogP contribution in [0.4, 0.5) is 11.5 Å². The molecule has 29 heavy (non-hydrogen) atoms. The maximum atomic E-state index is 12.0. The van der Waals surface area contributed by atoms with Crippen LogP contribution in [0, 0.1) is 0 Å². The van der Waals surface area contributed by atoms with E-state index in [0.717, 1.165) is 32.0 Å². The van der Waals surface area contributed by atoms with Gasteiger partial charge in [0.05, 0.1) is 36.5 Å². The van der Waals surface area contributed by atoms with E-state index in [1.165, 1.54) is 6.26 Å². The van der Waals surface area contributed by atoms with E-state index >= 15 is 0 Å². The molecule has 2 aromatic heterocycles. The van der Waals surface area contributed by atoms with Gasteiger partial charge in [0.1, 0.15) is 5.82 Å². The van der Waals surface area contributed by atoms with Crippen LogP contribution >= 0.6 is 0 Å². The lowest BCUT2D eigenvalue weighted by atomic mass is 10.2. The van der Waals surface area contributed by atoms with Crippen LogP contribution in [0.5, 0.6) is 0 Å². The number of rotatable bonds is 7. The van der Waals surface area contributed by atoms with E-state index in [-0.39, 0.29) is 17.3 Å². The number of aromatic nitrogens is 1. The van der Waals surface area contributed by atoms with Crippen molar-refractivity contribution >= 4 is 17.4 Å². The van der Waals surface area contributed by atoms with Gasteiger partial charge >= 0.3 is 0 Å². The molecule has 2 N–H and O–H groups in total. The van der Waals surface area contributed by atoms with Crippen LogP contribution in [-0.2, 0) is 4.74 Å². The predicted octanol–water partition coefficient (Wildman–Crippen LogP) is 2.22. The number of piperazine rings is 1. The number of anilines is 2. The Morgan fingerprint density at radius 3 is 2.62 bits per heavy atom. The first-order chi connectivity index (χ1) is 13.8. The van der Waals surface area contributed by atoms with Crippen molar-refractivity contribution < 1.29 is 19.1 Å². The molecule has 1 unspecified atom stereocenters. The van der Waals surface area contributed by atoms with Crippen LogP contribution in [0.25, 0.3) is 0 Å². The molecule has 1 fully saturated rings. The first-order valence-electron chi connectivity index (χ1n) is 9.90. The van der Waals surface area contributed by atoms with E-state index in [0.29, 0.717) is 18.8 Å². The maximum Gasteiger partial charge on any atom is 0.291 e. The molecular formula is C21H30N4O4. The molecule has 2 aromatic rings. The fourth-order valence-electron chi connectivity index (χ4n) is 3.10. The minimum Gasteiger partial charge on any atom is -0.459 e. The summed E-state index contributed by atoms with van der Waals surface area (Å²) in [6.45, 7) is 10.3. The Morgan fingerprint density at radius 2 is 2.03 bits per heavy atom. The Labute approximate surface area is 171 Å². The smallest absolute Gasteiger partial charge is 0.291 e. The molecule has 0 spiro atoms. The number of ether oxygens (including phenoxy) is 1. The van der Waals surface area contributed by atoms with Gasteiger partial charge in [-0.25, -0.2) is 4.98 Å². The highest BCUT2D eigenvalue weighted by Crippen LogP contribution is 2.17. The Morgan fingerprint density at radius 1 is 1.28 bits per heavy atom. The van der Waals surface area contributed by atoms with Crippen molar-refractivity contribution in [1.82, 2.24) is 9.88 Å². The number of nitrogens with zero attached hydrogens (tertiary/aromatic N) is 3. The Kier molecular flexibility index (Phi) is 6.89. The molecule has 8 heteroatoms. The summed E-state index contributed by atoms with van der Waals surface area (Å²) in [7, 11) is 0. The molecule has 0 aromatic carbocycles. The van der Waals surface area contributed by atoms with E-state index in [1.54, 1.807) is 18.3 Å². The number of carbonyl (C=O) groups excluding carboxylic acids is 1. The van der Waals surface area contributed by atoms with Gasteiger partial charge in [-0.2, -0.15) is 0 Å². The van der Waals surface area contributed by atoms with Crippen LogP contribution in [0.2, 0.25) is 0 Å². The lowest BCUT2D eigenvalue weighted by Gasteiger charge is -2.36. The molecule has 3 rings (SSSR count). The van der Waals surface area contributed by atoms with Crippen LogP contribution in [0.15, 0.2) is 41.1 Å². The number of pyridine rings is 1. The zero-order valence-corrected chi connectivity index (χ0v) is 17.3. The number of furan rings is 1. The standard InChI is InChI=1S/C21H30N4O4/c1-21(2,3)29-15-17(26)14-24-8-10-25(11-9-24)19-7-6-16(13-22-19)23-20(27)18-5-4-12-28-18/h4-7,12-13,17,26H,8-11,14-15H2,1-3H3,(H,23,27). The minimum absolute atomic E-state index is 0.241. The summed E-state index contributed by atoms with van der Waals surface area (Å²) in [6, 6.07) is 7.03. The maximum absolute atomic E-state index is 12.0. The Hall–Kier alpha value is -2.42. The first kappa shape index (κ1) is 21.3. The van der Waals surface area contributed by atoms with Crippen molar-refractivity contribution in [1.29, 1.82) is 0 Å². The molecule has 0 aliphatic carbocycles. The van der Waals surface area contributed by atoms with E-state index in [1.807, 2.05) is 32.9 Å². The van der Waals surface area contributed by atoms with Gasteiger partial charge in [-0.15, -0.1) is 0 Å². The summed E-state index contributed by atoms with van der Waals surface area (Å²) in [5, 5.41) is 12.9. The molecule has 1 saturated heterocycles. The molecular weight excluding hydrogens is 372 g/mol. The third kappa shape index (κ3) is 6.56. The lowest BCUT2D eigenvalue weighted by Crippen LogP contribution is -2.49. The van der Waals surface area contributed by atoms with Crippen molar-refractivity contribution in [2.45, 2.75) is 32.5 Å². The normalized spacial score (nSPS) is 16.6. The van der Waals surface area contributed by atoms with Crippen molar-refractivity contribution in [2.24, 2.45) is 0 Å². The topological polar surface area (TPSA) is 91.1 Å². The Bertz CT molecular complexity index is 763. The van der Waals surface area contributed by atoms with E-state index in [2.05, 4.69) is 20.1 Å². The third-order valence-electron chi connectivity index (χ3n) is 4.62. The molecule has 0 radical (unpaired) electrons. The average Bonchev–Trinajstić information content (AvgIpc) is 3.22. The van der Waals surface area contributed by atoms with Gasteiger partial charge in [-0.1, -0.05) is 0 Å². The molecule has 1 amide bonds. The van der Waals surface area contributed by atoms with Gasteiger partial charge in [0.25, 0.3) is 5.91 Å². The molecule has 0 bridgehead atoms. The highest BCUT2D eigenvalue weighted by molar-refractivity contribution is 6.02. The number of β-amino-alcohol motifs (C(OH)–C–C–N with tert-alkyl or cyclic N) is 1. The minimum atomic E-state index is -0.490. The monoisotopic (exact) mass is 402 g/mol. The Balaban J connectivity index is 1.44. The molecule has 158 valence electrons. The van der Waals surface area contributed by atoms with Gasteiger partial charge in [-0.05, 0) is 45.0 Å². The van der Waals surface area contributed by atoms with Gasteiger partial charge < -0.3 is 24.5 Å².